The lowest BCUT2D eigenvalue weighted by atomic mass is 9.85. The highest BCUT2D eigenvalue weighted by Crippen LogP contribution is 2.35. The molecule has 82 heavy (non-hydrogen) atoms. The highest BCUT2D eigenvalue weighted by Gasteiger charge is 2.43. The van der Waals surface area contributed by atoms with E-state index in [-0.39, 0.29) is 50.1 Å². The van der Waals surface area contributed by atoms with Crippen LogP contribution in [0, 0.1) is 25.2 Å². The van der Waals surface area contributed by atoms with Crippen LogP contribution in [0.3, 0.4) is 0 Å². The van der Waals surface area contributed by atoms with E-state index in [1.165, 1.54) is 5.56 Å². The van der Waals surface area contributed by atoms with Crippen LogP contribution >= 0.6 is 11.3 Å². The molecular formula is C64H87N9O8S. The molecule has 1 unspecified atom stereocenters. The van der Waals surface area contributed by atoms with E-state index in [4.69, 9.17) is 14.2 Å². The number of thiazole rings is 1. The number of aromatic nitrogens is 1. The highest BCUT2D eigenvalue weighted by molar-refractivity contribution is 7.13. The fraction of sp³-hybridized carbons (Fsp3) is 0.531. The van der Waals surface area contributed by atoms with Crippen LogP contribution in [0.4, 0.5) is 5.69 Å². The van der Waals surface area contributed by atoms with Gasteiger partial charge >= 0.3 is 0 Å². The number of rotatable bonds is 24. The molecular weight excluding hydrogens is 1050 g/mol. The van der Waals surface area contributed by atoms with Gasteiger partial charge in [-0.15, -0.1) is 11.3 Å². The van der Waals surface area contributed by atoms with Crippen molar-refractivity contribution in [2.24, 2.45) is 16.3 Å². The van der Waals surface area contributed by atoms with Crippen molar-refractivity contribution in [1.29, 1.82) is 0 Å². The molecule has 3 aromatic carbocycles. The van der Waals surface area contributed by atoms with Crippen molar-refractivity contribution in [3.8, 4) is 21.6 Å². The number of nitrogens with zero attached hydrogens (tertiary/aromatic N) is 6. The Bertz CT molecular complexity index is 2920. The molecule has 8 rings (SSSR count). The second-order valence-electron chi connectivity index (χ2n) is 23.6. The zero-order valence-corrected chi connectivity index (χ0v) is 50.5. The third kappa shape index (κ3) is 15.9. The molecule has 18 heteroatoms. The molecule has 0 saturated carbocycles. The maximum atomic E-state index is 14.3. The second-order valence-corrected chi connectivity index (χ2v) is 24.4. The van der Waals surface area contributed by atoms with Gasteiger partial charge in [0.1, 0.15) is 12.6 Å². The molecule has 4 N–H and O–H groups in total. The molecule has 5 atom stereocenters. The van der Waals surface area contributed by atoms with Crippen molar-refractivity contribution < 1.29 is 38.5 Å². The highest BCUT2D eigenvalue weighted by atomic mass is 32.1. The first-order valence-corrected chi connectivity index (χ1v) is 30.1. The summed E-state index contributed by atoms with van der Waals surface area (Å²) in [5.41, 5.74) is 12.4. The molecule has 0 radical (unpaired) electrons. The normalized spacial score (nSPS) is 20.0. The van der Waals surface area contributed by atoms with Gasteiger partial charge < -0.3 is 45.1 Å². The molecule has 5 heterocycles. The van der Waals surface area contributed by atoms with Crippen LogP contribution in [0.5, 0.6) is 0 Å². The first-order valence-electron chi connectivity index (χ1n) is 29.3. The summed E-state index contributed by atoms with van der Waals surface area (Å²) in [6.45, 7) is 30.8. The van der Waals surface area contributed by atoms with Crippen molar-refractivity contribution in [3.63, 3.8) is 0 Å². The number of ether oxygens (including phenoxy) is 3. The van der Waals surface area contributed by atoms with Gasteiger partial charge in [0.25, 0.3) is 11.8 Å². The Hall–Kier alpha value is -6.12. The number of nitrogens with one attached hydrogen (secondary N) is 3. The number of anilines is 1. The van der Waals surface area contributed by atoms with Crippen molar-refractivity contribution in [3.05, 3.63) is 118 Å². The van der Waals surface area contributed by atoms with Crippen LogP contribution in [0.2, 0.25) is 0 Å². The molecule has 3 fully saturated rings. The number of carbonyl (C=O) groups excluding carboxylic acids is 4. The number of benzene rings is 3. The Morgan fingerprint density at radius 1 is 0.902 bits per heavy atom. The number of aryl methyl sites for hydroxylation is 1. The molecule has 1 aromatic heterocycles. The largest absolute Gasteiger partial charge is 0.391 e. The molecule has 0 aliphatic carbocycles. The minimum Gasteiger partial charge on any atom is -0.391 e. The minimum atomic E-state index is -0.855. The molecule has 4 amide bonds. The summed E-state index contributed by atoms with van der Waals surface area (Å²) in [5.74, 6) is -1.58. The zero-order valence-electron chi connectivity index (χ0n) is 49.7. The van der Waals surface area contributed by atoms with Gasteiger partial charge in [-0.2, -0.15) is 0 Å². The molecule has 4 aliphatic heterocycles. The van der Waals surface area contributed by atoms with E-state index < -0.39 is 35.4 Å². The van der Waals surface area contributed by atoms with Crippen LogP contribution in [0.15, 0.2) is 95.1 Å². The summed E-state index contributed by atoms with van der Waals surface area (Å²) in [5, 5.41) is 20.3. The quantitative estimate of drug-likeness (QED) is 0.0496. The number of aliphatic imine (C=N–C) groups is 1. The third-order valence-corrected chi connectivity index (χ3v) is 17.4. The van der Waals surface area contributed by atoms with Gasteiger partial charge in [-0.05, 0) is 111 Å². The average molecular weight is 1140 g/mol. The lowest BCUT2D eigenvalue weighted by Crippen LogP contribution is -2.57. The first kappa shape index (κ1) is 61.9. The van der Waals surface area contributed by atoms with Crippen LogP contribution < -0.4 is 20.9 Å². The van der Waals surface area contributed by atoms with Crippen molar-refractivity contribution in [2.75, 3.05) is 96.9 Å². The number of aliphatic hydroxyl groups excluding tert-OH is 1. The average Bonchev–Trinajstić information content (AvgIpc) is 4.22. The number of dihydropyridines is 1. The van der Waals surface area contributed by atoms with E-state index in [0.717, 1.165) is 108 Å². The van der Waals surface area contributed by atoms with Crippen LogP contribution in [0.25, 0.3) is 21.6 Å². The Morgan fingerprint density at radius 2 is 1.59 bits per heavy atom. The summed E-state index contributed by atoms with van der Waals surface area (Å²) in [6, 6.07) is 20.1. The van der Waals surface area contributed by atoms with Gasteiger partial charge in [-0.25, -0.2) is 9.98 Å². The predicted octanol–water partition coefficient (Wildman–Crippen LogP) is 7.90. The number of β-amino-alcohol motifs (C(OH)–C–C–N with tert-alkyl or cyclic N) is 1. The summed E-state index contributed by atoms with van der Waals surface area (Å²) < 4.78 is 17.4. The number of hydrogen-bond acceptors (Lipinski definition) is 14. The van der Waals surface area contributed by atoms with Crippen molar-refractivity contribution in [2.45, 2.75) is 118 Å². The van der Waals surface area contributed by atoms with E-state index in [9.17, 15) is 24.3 Å². The number of amides is 4. The molecule has 17 nitrogen and oxygen atoms in total. The summed E-state index contributed by atoms with van der Waals surface area (Å²) >= 11 is 1.62. The van der Waals surface area contributed by atoms with Gasteiger partial charge in [0, 0.05) is 113 Å². The maximum Gasteiger partial charge on any atom is 0.254 e. The van der Waals surface area contributed by atoms with Gasteiger partial charge in [0.2, 0.25) is 11.8 Å². The number of likely N-dealkylation sites (tertiary alicyclic amines) is 1. The molecule has 442 valence electrons. The van der Waals surface area contributed by atoms with E-state index >= 15 is 0 Å². The van der Waals surface area contributed by atoms with E-state index in [0.29, 0.717) is 55.9 Å². The van der Waals surface area contributed by atoms with E-state index in [1.807, 2.05) is 73.0 Å². The molecule has 4 aliphatic rings. The number of hydrogen-bond donors (Lipinski definition) is 4. The van der Waals surface area contributed by atoms with Gasteiger partial charge in [0.15, 0.2) is 0 Å². The van der Waals surface area contributed by atoms with Gasteiger partial charge in [-0.1, -0.05) is 81.5 Å². The molecule has 0 spiro atoms. The predicted molar refractivity (Wildman–Crippen MR) is 325 cm³/mol. The summed E-state index contributed by atoms with van der Waals surface area (Å²) in [7, 11) is 0. The molecule has 0 bridgehead atoms. The van der Waals surface area contributed by atoms with Crippen molar-refractivity contribution in [1.82, 2.24) is 35.6 Å². The lowest BCUT2D eigenvalue weighted by Gasteiger charge is -2.37. The fourth-order valence-corrected chi connectivity index (χ4v) is 12.5. The lowest BCUT2D eigenvalue weighted by molar-refractivity contribution is -0.141. The first-order chi connectivity index (χ1) is 39.3. The molecule has 3 saturated heterocycles. The topological polar surface area (TPSA) is 190 Å². The van der Waals surface area contributed by atoms with Gasteiger partial charge in [0.05, 0.1) is 54.0 Å². The van der Waals surface area contributed by atoms with Crippen LogP contribution in [-0.2, 0) is 35.1 Å². The van der Waals surface area contributed by atoms with E-state index in [1.54, 1.807) is 16.2 Å². The fourth-order valence-electron chi connectivity index (χ4n) is 11.6. The van der Waals surface area contributed by atoms with Crippen LogP contribution in [0.1, 0.15) is 107 Å². The van der Waals surface area contributed by atoms with Crippen molar-refractivity contribution >= 4 is 46.4 Å². The number of piperazine rings is 1. The maximum absolute atomic E-state index is 14.3. The minimum absolute atomic E-state index is 0.100. The van der Waals surface area contributed by atoms with Crippen LogP contribution in [-0.4, -0.2) is 170 Å². The monoisotopic (exact) mass is 1140 g/mol. The summed E-state index contributed by atoms with van der Waals surface area (Å²) in [6.07, 6.45) is 3.38. The number of aliphatic hydroxyl groups is 1. The Morgan fingerprint density at radius 3 is 2.24 bits per heavy atom. The SMILES string of the molecule is C=C(N[C@@H](C)c1ccc(-c2scnc2C)cc1)[C@@H]1C[C@@H](O)CN1C(=O)[C@@H](NC(=O)COCCOCCN1CCN(Cc2ccc(-c3cc(C(=O)NCC4C(=O)N=C(C)C=C4C)c(C)c(N(CC)C4CCOCC4)c3)cc2)CC1)C(C)(C)C. The Kier molecular flexibility index (Phi) is 21.5. The third-order valence-electron chi connectivity index (χ3n) is 16.5. The second kappa shape index (κ2) is 28.4. The standard InChI is InChI=1S/C64H87N9O8S/c1-11-72(52-20-27-79-28-21-52)56-34-51(33-54(43(56)4)61(76)65-36-55-41(2)32-42(3)67-62(55)77)49-14-12-47(13-15-49)37-71-24-22-70(23-25-71)26-29-80-30-31-81-39-58(75)69-60(64(8,9)10)63(78)73-38-53(74)35-57(73)45(6)68-44(5)48-16-18-50(19-17-48)59-46(7)66-40-82-59/h12-19,32-34,40,44,52-53,55,57,60,68,74H,6,11,20-31,35-39H2,1-5,7-10H3,(H,65,76)(H,69,75)/t44-,53+,55?,57-,60+/m0/s1. The van der Waals surface area contributed by atoms with E-state index in [2.05, 4.69) is 109 Å². The van der Waals surface area contributed by atoms with Gasteiger partial charge in [-0.3, -0.25) is 29.0 Å². The zero-order chi connectivity index (χ0) is 58.7. The number of carbonyl (C=O) groups is 4. The number of allylic oxidation sites excluding steroid dienone is 1. The smallest absolute Gasteiger partial charge is 0.254 e. The Labute approximate surface area is 489 Å². The molecule has 4 aromatic rings. The summed E-state index contributed by atoms with van der Waals surface area (Å²) in [4.78, 5) is 73.0. The Balaban J connectivity index is 0.757.